The van der Waals surface area contributed by atoms with E-state index in [0.29, 0.717) is 28.6 Å². The molecule has 0 bridgehead atoms. The standard InChI is InChI=1S/C28H36ClN3O3/c1-2-17-31-18-9-3-4-10-19-32(28(34)23-16-15-21(29)20-30-23)24-12-6-8-14-26(24)35-25-13-7-5-11-22(25)27(31)33/h5,7,11,13,15-16,20,24,26H,2-4,6,8-10,12,14,17-19H2,1H3/t24-,26+/m1/s1. The van der Waals surface area contributed by atoms with Crippen molar-refractivity contribution in [3.63, 3.8) is 0 Å². The molecule has 35 heavy (non-hydrogen) atoms. The third-order valence-corrected chi connectivity index (χ3v) is 7.25. The molecule has 2 aromatic rings. The van der Waals surface area contributed by atoms with Gasteiger partial charge in [0, 0.05) is 25.8 Å². The summed E-state index contributed by atoms with van der Waals surface area (Å²) in [7, 11) is 0. The van der Waals surface area contributed by atoms with Crippen molar-refractivity contribution in [2.75, 3.05) is 19.6 Å². The van der Waals surface area contributed by atoms with Gasteiger partial charge < -0.3 is 14.5 Å². The smallest absolute Gasteiger partial charge is 0.272 e. The highest BCUT2D eigenvalue weighted by Gasteiger charge is 2.36. The molecular weight excluding hydrogens is 462 g/mol. The van der Waals surface area contributed by atoms with Gasteiger partial charge in [0.2, 0.25) is 0 Å². The van der Waals surface area contributed by atoms with Crippen molar-refractivity contribution in [2.24, 2.45) is 0 Å². The maximum Gasteiger partial charge on any atom is 0.272 e. The van der Waals surface area contributed by atoms with Crippen molar-refractivity contribution >= 4 is 23.4 Å². The maximum atomic E-state index is 13.6. The highest BCUT2D eigenvalue weighted by atomic mass is 35.5. The van der Waals surface area contributed by atoms with Crippen LogP contribution in [0.2, 0.25) is 5.02 Å². The lowest BCUT2D eigenvalue weighted by molar-refractivity contribution is 0.0263. The van der Waals surface area contributed by atoms with Crippen molar-refractivity contribution in [1.29, 1.82) is 0 Å². The Bertz CT molecular complexity index is 997. The van der Waals surface area contributed by atoms with Crippen LogP contribution < -0.4 is 4.74 Å². The second-order valence-corrected chi connectivity index (χ2v) is 10.0. The number of pyridine rings is 1. The molecule has 188 valence electrons. The third kappa shape index (κ3) is 6.35. The fourth-order valence-electron chi connectivity index (χ4n) is 5.24. The van der Waals surface area contributed by atoms with Gasteiger partial charge in [-0.25, -0.2) is 4.98 Å². The van der Waals surface area contributed by atoms with Crippen molar-refractivity contribution < 1.29 is 14.3 Å². The highest BCUT2D eigenvalue weighted by molar-refractivity contribution is 6.30. The number of carbonyl (C=O) groups excluding carboxylic acids is 2. The average molecular weight is 498 g/mol. The molecule has 2 amide bonds. The molecule has 2 atom stereocenters. The number of ether oxygens (including phenoxy) is 1. The van der Waals surface area contributed by atoms with Gasteiger partial charge in [-0.3, -0.25) is 9.59 Å². The Morgan fingerprint density at radius 3 is 2.57 bits per heavy atom. The predicted molar refractivity (Wildman–Crippen MR) is 138 cm³/mol. The zero-order chi connectivity index (χ0) is 24.6. The summed E-state index contributed by atoms with van der Waals surface area (Å²) < 4.78 is 6.59. The molecule has 2 heterocycles. The third-order valence-electron chi connectivity index (χ3n) is 7.03. The second kappa shape index (κ2) is 12.4. The van der Waals surface area contributed by atoms with Crippen LogP contribution in [0, 0.1) is 0 Å². The summed E-state index contributed by atoms with van der Waals surface area (Å²) in [5.74, 6) is 0.572. The molecule has 1 aromatic heterocycles. The first kappa shape index (κ1) is 25.5. The number of nitrogens with zero attached hydrogens (tertiary/aromatic N) is 3. The summed E-state index contributed by atoms with van der Waals surface area (Å²) in [6, 6.07) is 10.9. The quantitative estimate of drug-likeness (QED) is 0.522. The van der Waals surface area contributed by atoms with Gasteiger partial charge in [0.05, 0.1) is 16.6 Å². The molecule has 0 spiro atoms. The number of para-hydroxylation sites is 1. The molecule has 0 N–H and O–H groups in total. The number of benzene rings is 1. The summed E-state index contributed by atoms with van der Waals surface area (Å²) in [5, 5.41) is 0.514. The lowest BCUT2D eigenvalue weighted by Gasteiger charge is -2.40. The molecule has 0 saturated heterocycles. The zero-order valence-electron chi connectivity index (χ0n) is 20.6. The number of carbonyl (C=O) groups is 2. The van der Waals surface area contributed by atoms with E-state index in [1.807, 2.05) is 34.1 Å². The van der Waals surface area contributed by atoms with E-state index in [2.05, 4.69) is 11.9 Å². The first-order valence-electron chi connectivity index (χ1n) is 13.1. The number of halogens is 1. The Morgan fingerprint density at radius 1 is 1.03 bits per heavy atom. The number of fused-ring (bicyclic) bond motifs is 2. The van der Waals surface area contributed by atoms with E-state index in [4.69, 9.17) is 16.3 Å². The Kier molecular flexibility index (Phi) is 9.02. The molecule has 1 aliphatic heterocycles. The molecule has 1 aliphatic carbocycles. The first-order chi connectivity index (χ1) is 17.1. The van der Waals surface area contributed by atoms with Crippen LogP contribution in [-0.2, 0) is 0 Å². The predicted octanol–water partition coefficient (Wildman–Crippen LogP) is 5.99. The number of hydrogen-bond donors (Lipinski definition) is 0. The van der Waals surface area contributed by atoms with Crippen LogP contribution in [0.4, 0.5) is 0 Å². The van der Waals surface area contributed by atoms with E-state index in [0.717, 1.165) is 70.9 Å². The zero-order valence-corrected chi connectivity index (χ0v) is 21.4. The van der Waals surface area contributed by atoms with Gasteiger partial charge in [0.1, 0.15) is 17.5 Å². The van der Waals surface area contributed by atoms with E-state index < -0.39 is 0 Å². The Balaban J connectivity index is 1.66. The van der Waals surface area contributed by atoms with E-state index in [1.165, 1.54) is 6.20 Å². The van der Waals surface area contributed by atoms with E-state index >= 15 is 0 Å². The molecule has 2 aliphatic rings. The fourth-order valence-corrected chi connectivity index (χ4v) is 5.35. The fraction of sp³-hybridized carbons (Fsp3) is 0.536. The molecule has 1 aromatic carbocycles. The molecule has 0 radical (unpaired) electrons. The average Bonchev–Trinajstić information content (AvgIpc) is 2.88. The van der Waals surface area contributed by atoms with Gasteiger partial charge in [-0.1, -0.05) is 49.9 Å². The molecule has 4 rings (SSSR count). The van der Waals surface area contributed by atoms with Crippen molar-refractivity contribution in [3.8, 4) is 5.75 Å². The van der Waals surface area contributed by atoms with Crippen LogP contribution >= 0.6 is 11.6 Å². The van der Waals surface area contributed by atoms with Gasteiger partial charge in [0.15, 0.2) is 0 Å². The van der Waals surface area contributed by atoms with Gasteiger partial charge in [-0.15, -0.1) is 0 Å². The lowest BCUT2D eigenvalue weighted by atomic mass is 9.90. The van der Waals surface area contributed by atoms with Gasteiger partial charge in [-0.2, -0.15) is 0 Å². The SMILES string of the molecule is CCCN1CCCCCCN(C(=O)c2ccc(Cl)cn2)[C@@H]2CCCC[C@@H]2Oc2ccccc2C1=O. The minimum Gasteiger partial charge on any atom is -0.487 e. The molecule has 1 fully saturated rings. The lowest BCUT2D eigenvalue weighted by Crippen LogP contribution is -2.51. The van der Waals surface area contributed by atoms with E-state index in [1.54, 1.807) is 12.1 Å². The van der Waals surface area contributed by atoms with Crippen LogP contribution in [0.1, 0.15) is 85.6 Å². The minimum absolute atomic E-state index is 0.0326. The molecular formula is C28H36ClN3O3. The summed E-state index contributed by atoms with van der Waals surface area (Å²) in [6.45, 7) is 4.27. The van der Waals surface area contributed by atoms with Crippen molar-refractivity contribution in [2.45, 2.75) is 76.9 Å². The number of hydrogen-bond acceptors (Lipinski definition) is 4. The second-order valence-electron chi connectivity index (χ2n) is 9.57. The first-order valence-corrected chi connectivity index (χ1v) is 13.4. The van der Waals surface area contributed by atoms with E-state index in [9.17, 15) is 9.59 Å². The largest absolute Gasteiger partial charge is 0.487 e. The molecule has 1 saturated carbocycles. The van der Waals surface area contributed by atoms with Crippen molar-refractivity contribution in [3.05, 3.63) is 58.9 Å². The topological polar surface area (TPSA) is 62.7 Å². The van der Waals surface area contributed by atoms with Crippen molar-refractivity contribution in [1.82, 2.24) is 14.8 Å². The Labute approximate surface area is 213 Å². The van der Waals surface area contributed by atoms with Gasteiger partial charge in [0.25, 0.3) is 11.8 Å². The number of rotatable bonds is 3. The van der Waals surface area contributed by atoms with Crippen LogP contribution in [0.3, 0.4) is 0 Å². The summed E-state index contributed by atoms with van der Waals surface area (Å²) in [5.41, 5.74) is 1.02. The van der Waals surface area contributed by atoms with Crippen LogP contribution in [0.15, 0.2) is 42.6 Å². The van der Waals surface area contributed by atoms with Gasteiger partial charge in [-0.05, 0) is 62.8 Å². The monoisotopic (exact) mass is 497 g/mol. The summed E-state index contributed by atoms with van der Waals surface area (Å²) in [4.78, 5) is 35.4. The van der Waals surface area contributed by atoms with E-state index in [-0.39, 0.29) is 24.0 Å². The van der Waals surface area contributed by atoms with Crippen LogP contribution in [-0.4, -0.2) is 58.4 Å². The van der Waals surface area contributed by atoms with Crippen LogP contribution in [0.25, 0.3) is 0 Å². The molecule has 0 unspecified atom stereocenters. The molecule has 6 nitrogen and oxygen atoms in total. The Morgan fingerprint density at radius 2 is 1.80 bits per heavy atom. The summed E-state index contributed by atoms with van der Waals surface area (Å²) in [6.07, 6.45) is 10.0. The number of aromatic nitrogens is 1. The molecule has 7 heteroatoms. The highest BCUT2D eigenvalue weighted by Crippen LogP contribution is 2.31. The normalized spacial score (nSPS) is 21.9. The van der Waals surface area contributed by atoms with Crippen LogP contribution in [0.5, 0.6) is 5.75 Å². The van der Waals surface area contributed by atoms with Gasteiger partial charge >= 0.3 is 0 Å². The minimum atomic E-state index is -0.170. The Hall–Kier alpha value is -2.60. The number of amides is 2. The summed E-state index contributed by atoms with van der Waals surface area (Å²) >= 11 is 6.01. The maximum absolute atomic E-state index is 13.6.